The van der Waals surface area contributed by atoms with Crippen LogP contribution in [0.25, 0.3) is 0 Å². The molecule has 1 unspecified atom stereocenters. The third-order valence-corrected chi connectivity index (χ3v) is 2.89. The highest BCUT2D eigenvalue weighted by atomic mass is 19.4. The fourth-order valence-electron chi connectivity index (χ4n) is 1.36. The summed E-state index contributed by atoms with van der Waals surface area (Å²) in [5.74, 6) is -0.143. The van der Waals surface area contributed by atoms with Crippen molar-refractivity contribution in [2.75, 3.05) is 0 Å². The number of hydrogen-bond donors (Lipinski definition) is 1. The van der Waals surface area contributed by atoms with E-state index in [4.69, 9.17) is 5.73 Å². The van der Waals surface area contributed by atoms with E-state index in [-0.39, 0.29) is 11.7 Å². The van der Waals surface area contributed by atoms with Crippen molar-refractivity contribution in [3.8, 4) is 5.75 Å². The Labute approximate surface area is 98.6 Å². The predicted molar refractivity (Wildman–Crippen MR) is 59.5 cm³/mol. The second-order valence-corrected chi connectivity index (χ2v) is 4.51. The highest BCUT2D eigenvalue weighted by molar-refractivity contribution is 5.33. The van der Waals surface area contributed by atoms with Crippen molar-refractivity contribution >= 4 is 0 Å². The van der Waals surface area contributed by atoms with E-state index in [0.29, 0.717) is 5.56 Å². The van der Waals surface area contributed by atoms with Crippen LogP contribution >= 0.6 is 0 Å². The van der Waals surface area contributed by atoms with Crippen molar-refractivity contribution in [3.05, 3.63) is 29.8 Å². The molecule has 0 saturated heterocycles. The maximum atomic E-state index is 12.1. The first-order valence-corrected chi connectivity index (χ1v) is 5.28. The van der Waals surface area contributed by atoms with Gasteiger partial charge in [-0.2, -0.15) is 0 Å². The molecule has 0 spiro atoms. The summed E-state index contributed by atoms with van der Waals surface area (Å²) in [6.45, 7) is 5.61. The number of hydrogen-bond acceptors (Lipinski definition) is 2. The summed E-state index contributed by atoms with van der Waals surface area (Å²) in [7, 11) is 0. The lowest BCUT2D eigenvalue weighted by Gasteiger charge is -2.30. The van der Waals surface area contributed by atoms with E-state index in [2.05, 4.69) is 4.74 Å². The molecule has 5 heteroatoms. The fraction of sp³-hybridized carbons (Fsp3) is 0.500. The van der Waals surface area contributed by atoms with E-state index < -0.39 is 11.9 Å². The second kappa shape index (κ2) is 4.56. The average Bonchev–Trinajstić information content (AvgIpc) is 2.15. The summed E-state index contributed by atoms with van der Waals surface area (Å²) in [4.78, 5) is 0. The van der Waals surface area contributed by atoms with E-state index in [9.17, 15) is 13.2 Å². The van der Waals surface area contributed by atoms with Crippen molar-refractivity contribution in [2.24, 2.45) is 11.7 Å². The third-order valence-electron chi connectivity index (χ3n) is 2.89. The average molecular weight is 247 g/mol. The first kappa shape index (κ1) is 13.8. The molecule has 2 N–H and O–H groups in total. The molecule has 0 aliphatic heterocycles. The molecule has 0 amide bonds. The van der Waals surface area contributed by atoms with Gasteiger partial charge in [-0.3, -0.25) is 0 Å². The zero-order valence-corrected chi connectivity index (χ0v) is 10.0. The topological polar surface area (TPSA) is 35.2 Å². The minimum atomic E-state index is -4.68. The van der Waals surface area contributed by atoms with Gasteiger partial charge in [0.2, 0.25) is 0 Å². The first-order chi connectivity index (χ1) is 7.63. The Morgan fingerprint density at radius 3 is 2.29 bits per heavy atom. The molecule has 1 atom stereocenters. The van der Waals surface area contributed by atoms with Gasteiger partial charge in [-0.05, 0) is 30.5 Å². The lowest BCUT2D eigenvalue weighted by molar-refractivity contribution is -0.274. The molecule has 0 radical (unpaired) electrons. The molecule has 0 aliphatic rings. The minimum Gasteiger partial charge on any atom is -0.406 e. The molecule has 17 heavy (non-hydrogen) atoms. The lowest BCUT2D eigenvalue weighted by atomic mass is 9.83. The molecule has 2 nitrogen and oxygen atoms in total. The van der Waals surface area contributed by atoms with Crippen LogP contribution in [0, 0.1) is 5.92 Å². The van der Waals surface area contributed by atoms with Gasteiger partial charge in [-0.15, -0.1) is 13.2 Å². The van der Waals surface area contributed by atoms with Gasteiger partial charge in [-0.1, -0.05) is 26.0 Å². The van der Waals surface area contributed by atoms with Crippen LogP contribution in [0.4, 0.5) is 13.2 Å². The molecular formula is C12H16F3NO. The van der Waals surface area contributed by atoms with E-state index >= 15 is 0 Å². The van der Waals surface area contributed by atoms with Gasteiger partial charge >= 0.3 is 6.36 Å². The van der Waals surface area contributed by atoms with Crippen molar-refractivity contribution in [1.82, 2.24) is 0 Å². The van der Waals surface area contributed by atoms with E-state index in [1.54, 1.807) is 13.0 Å². The SMILES string of the molecule is CC(C)C(C)(N)c1cccc(OC(F)(F)F)c1. The lowest BCUT2D eigenvalue weighted by Crippen LogP contribution is -2.38. The molecule has 1 rings (SSSR count). The maximum Gasteiger partial charge on any atom is 0.573 e. The van der Waals surface area contributed by atoms with Gasteiger partial charge in [0.25, 0.3) is 0 Å². The highest BCUT2D eigenvalue weighted by Gasteiger charge is 2.32. The van der Waals surface area contributed by atoms with Crippen molar-refractivity contribution in [1.29, 1.82) is 0 Å². The van der Waals surface area contributed by atoms with Crippen LogP contribution in [0.5, 0.6) is 5.75 Å². The number of ether oxygens (including phenoxy) is 1. The summed E-state index contributed by atoms with van der Waals surface area (Å²) in [5.41, 5.74) is 6.01. The maximum absolute atomic E-state index is 12.1. The van der Waals surface area contributed by atoms with Crippen LogP contribution in [-0.2, 0) is 5.54 Å². The van der Waals surface area contributed by atoms with Crippen LogP contribution < -0.4 is 10.5 Å². The Balaban J connectivity index is 3.02. The van der Waals surface area contributed by atoms with E-state index in [0.717, 1.165) is 0 Å². The number of halogens is 3. The van der Waals surface area contributed by atoms with E-state index in [1.807, 2.05) is 13.8 Å². The molecule has 0 aromatic heterocycles. The van der Waals surface area contributed by atoms with Crippen LogP contribution in [0.3, 0.4) is 0 Å². The first-order valence-electron chi connectivity index (χ1n) is 5.28. The van der Waals surface area contributed by atoms with Crippen molar-refractivity contribution in [2.45, 2.75) is 32.7 Å². The molecule has 0 fully saturated rings. The van der Waals surface area contributed by atoms with Gasteiger partial charge < -0.3 is 10.5 Å². The third kappa shape index (κ3) is 3.63. The number of rotatable bonds is 3. The largest absolute Gasteiger partial charge is 0.573 e. The predicted octanol–water partition coefficient (Wildman–Crippen LogP) is 3.42. The molecule has 96 valence electrons. The fourth-order valence-corrected chi connectivity index (χ4v) is 1.36. The van der Waals surface area contributed by atoms with E-state index in [1.165, 1.54) is 18.2 Å². The number of alkyl halides is 3. The van der Waals surface area contributed by atoms with Gasteiger partial charge in [-0.25, -0.2) is 0 Å². The summed E-state index contributed by atoms with van der Waals surface area (Å²) >= 11 is 0. The van der Waals surface area contributed by atoms with Crippen LogP contribution in [-0.4, -0.2) is 6.36 Å². The molecule has 0 heterocycles. The molecular weight excluding hydrogens is 231 g/mol. The van der Waals surface area contributed by atoms with Gasteiger partial charge in [0.05, 0.1) is 0 Å². The number of benzene rings is 1. The van der Waals surface area contributed by atoms with Crippen molar-refractivity contribution in [3.63, 3.8) is 0 Å². The molecule has 0 saturated carbocycles. The number of nitrogens with two attached hydrogens (primary N) is 1. The minimum absolute atomic E-state index is 0.101. The van der Waals surface area contributed by atoms with Crippen LogP contribution in [0.1, 0.15) is 26.3 Å². The Bertz CT molecular complexity index is 386. The Kier molecular flexibility index (Phi) is 3.71. The van der Waals surface area contributed by atoms with Gasteiger partial charge in [0.1, 0.15) is 5.75 Å². The van der Waals surface area contributed by atoms with Gasteiger partial charge in [0, 0.05) is 5.54 Å². The standard InChI is InChI=1S/C12H16F3NO/c1-8(2)11(3,16)9-5-4-6-10(7-9)17-12(13,14)15/h4-8H,16H2,1-3H3. The second-order valence-electron chi connectivity index (χ2n) is 4.51. The Morgan fingerprint density at radius 2 is 1.82 bits per heavy atom. The molecule has 0 aliphatic carbocycles. The normalized spacial score (nSPS) is 15.8. The molecule has 0 bridgehead atoms. The summed E-state index contributed by atoms with van der Waals surface area (Å²) in [5, 5.41) is 0. The smallest absolute Gasteiger partial charge is 0.406 e. The summed E-state index contributed by atoms with van der Waals surface area (Å²) in [6.07, 6.45) is -4.68. The van der Waals surface area contributed by atoms with Crippen molar-refractivity contribution < 1.29 is 17.9 Å². The Morgan fingerprint density at radius 1 is 1.24 bits per heavy atom. The van der Waals surface area contributed by atoms with Crippen LogP contribution in [0.15, 0.2) is 24.3 Å². The highest BCUT2D eigenvalue weighted by Crippen LogP contribution is 2.30. The zero-order chi connectivity index (χ0) is 13.3. The monoisotopic (exact) mass is 247 g/mol. The Hall–Kier alpha value is -1.23. The molecule has 1 aromatic rings. The van der Waals surface area contributed by atoms with Gasteiger partial charge in [0.15, 0.2) is 0 Å². The molecule has 1 aromatic carbocycles. The zero-order valence-electron chi connectivity index (χ0n) is 10.0. The summed E-state index contributed by atoms with van der Waals surface area (Å²) in [6, 6.07) is 5.79. The van der Waals surface area contributed by atoms with Crippen LogP contribution in [0.2, 0.25) is 0 Å². The summed E-state index contributed by atoms with van der Waals surface area (Å²) < 4.78 is 40.1. The quantitative estimate of drug-likeness (QED) is 0.888.